The highest BCUT2D eigenvalue weighted by Gasteiger charge is 2.13. The number of guanidine groups is 1. The number of rotatable bonds is 8. The van der Waals surface area contributed by atoms with Gasteiger partial charge in [0.15, 0.2) is 5.96 Å². The molecule has 2 rings (SSSR count). The fraction of sp³-hybridized carbons (Fsp3) is 0.722. The zero-order valence-corrected chi connectivity index (χ0v) is 17.9. The van der Waals surface area contributed by atoms with Crippen LogP contribution in [0.3, 0.4) is 0 Å². The summed E-state index contributed by atoms with van der Waals surface area (Å²) >= 11 is 0. The van der Waals surface area contributed by atoms with Crippen LogP contribution in [0.15, 0.2) is 21.5 Å². The summed E-state index contributed by atoms with van der Waals surface area (Å²) in [5.74, 6) is 2.65. The maximum absolute atomic E-state index is 5.87. The van der Waals surface area contributed by atoms with Crippen molar-refractivity contribution in [3.63, 3.8) is 0 Å². The number of halogens is 1. The normalized spacial score (nSPS) is 17.0. The predicted molar refractivity (Wildman–Crippen MR) is 111 cm³/mol. The van der Waals surface area contributed by atoms with Gasteiger partial charge in [-0.05, 0) is 52.2 Å². The number of aryl methyl sites for hydroxylation is 1. The van der Waals surface area contributed by atoms with E-state index in [0.717, 1.165) is 69.7 Å². The van der Waals surface area contributed by atoms with Gasteiger partial charge in [-0.2, -0.15) is 0 Å². The molecule has 0 aromatic carbocycles. The fourth-order valence-electron chi connectivity index (χ4n) is 2.63. The van der Waals surface area contributed by atoms with Gasteiger partial charge in [0.05, 0.1) is 12.1 Å². The van der Waals surface area contributed by atoms with E-state index >= 15 is 0 Å². The van der Waals surface area contributed by atoms with Crippen molar-refractivity contribution in [3.8, 4) is 0 Å². The van der Waals surface area contributed by atoms with Crippen molar-refractivity contribution >= 4 is 29.9 Å². The third-order valence-corrected chi connectivity index (χ3v) is 3.98. The second-order valence-electron chi connectivity index (χ2n) is 6.11. The van der Waals surface area contributed by atoms with Crippen LogP contribution in [0.25, 0.3) is 0 Å². The summed E-state index contributed by atoms with van der Waals surface area (Å²) < 4.78 is 16.9. The van der Waals surface area contributed by atoms with Crippen LogP contribution in [0.5, 0.6) is 0 Å². The zero-order valence-electron chi connectivity index (χ0n) is 15.5. The van der Waals surface area contributed by atoms with Crippen LogP contribution < -0.4 is 10.6 Å². The van der Waals surface area contributed by atoms with Crippen molar-refractivity contribution in [2.75, 3.05) is 32.9 Å². The average molecular weight is 465 g/mol. The lowest BCUT2D eigenvalue weighted by Gasteiger charge is -2.22. The van der Waals surface area contributed by atoms with Gasteiger partial charge in [-0.3, -0.25) is 4.99 Å². The molecule has 0 bridgehead atoms. The molecule has 6 nitrogen and oxygen atoms in total. The molecule has 0 radical (unpaired) electrons. The first-order valence-corrected chi connectivity index (χ1v) is 8.99. The Morgan fingerprint density at radius 3 is 2.76 bits per heavy atom. The van der Waals surface area contributed by atoms with Gasteiger partial charge >= 0.3 is 0 Å². The highest BCUT2D eigenvalue weighted by molar-refractivity contribution is 14.0. The van der Waals surface area contributed by atoms with E-state index in [2.05, 4.69) is 29.5 Å². The van der Waals surface area contributed by atoms with Gasteiger partial charge in [-0.25, -0.2) is 0 Å². The summed E-state index contributed by atoms with van der Waals surface area (Å²) in [7, 11) is 0. The van der Waals surface area contributed by atoms with Crippen molar-refractivity contribution in [2.45, 2.75) is 52.2 Å². The minimum absolute atomic E-state index is 0. The Kier molecular flexibility index (Phi) is 11.2. The Labute approximate surface area is 168 Å². The summed E-state index contributed by atoms with van der Waals surface area (Å²) in [5, 5.41) is 6.65. The van der Waals surface area contributed by atoms with E-state index < -0.39 is 0 Å². The van der Waals surface area contributed by atoms with Crippen LogP contribution in [0, 0.1) is 6.92 Å². The molecular weight excluding hydrogens is 433 g/mol. The molecule has 0 amide bonds. The molecule has 25 heavy (non-hydrogen) atoms. The van der Waals surface area contributed by atoms with E-state index in [1.165, 1.54) is 0 Å². The number of hydrogen-bond donors (Lipinski definition) is 2. The zero-order chi connectivity index (χ0) is 17.2. The number of aliphatic imine (C=N–C) groups is 1. The number of ether oxygens (including phenoxy) is 2. The van der Waals surface area contributed by atoms with Gasteiger partial charge in [0.2, 0.25) is 0 Å². The van der Waals surface area contributed by atoms with Crippen LogP contribution in [-0.2, 0) is 9.47 Å². The molecule has 1 aliphatic rings. The summed E-state index contributed by atoms with van der Waals surface area (Å²) in [6.45, 7) is 10.0. The minimum Gasteiger partial charge on any atom is -0.464 e. The van der Waals surface area contributed by atoms with Crippen molar-refractivity contribution in [1.29, 1.82) is 0 Å². The average Bonchev–Trinajstić information content (AvgIpc) is 3.02. The van der Waals surface area contributed by atoms with Gasteiger partial charge in [0.25, 0.3) is 0 Å². The molecule has 1 aromatic heterocycles. The first-order valence-electron chi connectivity index (χ1n) is 8.99. The minimum atomic E-state index is 0. The molecule has 0 spiro atoms. The van der Waals surface area contributed by atoms with Gasteiger partial charge in [0, 0.05) is 32.9 Å². The van der Waals surface area contributed by atoms with Crippen molar-refractivity contribution in [1.82, 2.24) is 10.6 Å². The van der Waals surface area contributed by atoms with Crippen molar-refractivity contribution < 1.29 is 13.9 Å². The molecule has 1 fully saturated rings. The van der Waals surface area contributed by atoms with Crippen molar-refractivity contribution in [3.05, 3.63) is 23.7 Å². The van der Waals surface area contributed by atoms with Crippen LogP contribution >= 0.6 is 24.0 Å². The molecule has 2 heterocycles. The fourth-order valence-corrected chi connectivity index (χ4v) is 2.63. The third-order valence-electron chi connectivity index (χ3n) is 3.98. The topological polar surface area (TPSA) is 68.0 Å². The standard InChI is InChI=1S/C18H31N3O3.HI/c1-4-19-18(21-15(3)17-7-6-14(2)24-17)20-10-5-11-23-16-8-12-22-13-9-16;/h6-7,15-16H,4-5,8-13H2,1-3H3,(H2,19,20,21);1H. The number of hydrogen-bond acceptors (Lipinski definition) is 4. The highest BCUT2D eigenvalue weighted by Crippen LogP contribution is 2.15. The molecule has 1 unspecified atom stereocenters. The maximum atomic E-state index is 5.87. The second kappa shape index (κ2) is 12.5. The number of nitrogens with one attached hydrogen (secondary N) is 2. The lowest BCUT2D eigenvalue weighted by molar-refractivity contribution is -0.0318. The van der Waals surface area contributed by atoms with Gasteiger partial charge in [-0.1, -0.05) is 0 Å². The Morgan fingerprint density at radius 1 is 1.36 bits per heavy atom. The van der Waals surface area contributed by atoms with Gasteiger partial charge < -0.3 is 24.5 Å². The van der Waals surface area contributed by atoms with E-state index in [4.69, 9.17) is 13.9 Å². The molecule has 7 heteroatoms. The molecule has 1 aromatic rings. The Hall–Kier alpha value is -0.800. The lowest BCUT2D eigenvalue weighted by atomic mass is 10.1. The van der Waals surface area contributed by atoms with Crippen LogP contribution in [0.2, 0.25) is 0 Å². The Bertz CT molecular complexity index is 502. The monoisotopic (exact) mass is 465 g/mol. The summed E-state index contributed by atoms with van der Waals surface area (Å²) in [6, 6.07) is 4.05. The highest BCUT2D eigenvalue weighted by atomic mass is 127. The van der Waals surface area contributed by atoms with Gasteiger partial charge in [0.1, 0.15) is 11.5 Å². The molecule has 1 atom stereocenters. The lowest BCUT2D eigenvalue weighted by Crippen LogP contribution is -2.38. The van der Waals surface area contributed by atoms with E-state index in [0.29, 0.717) is 6.10 Å². The molecule has 1 aliphatic heterocycles. The Balaban J connectivity index is 0.00000312. The van der Waals surface area contributed by atoms with Crippen LogP contribution in [-0.4, -0.2) is 45.0 Å². The van der Waals surface area contributed by atoms with Gasteiger partial charge in [-0.15, -0.1) is 24.0 Å². The van der Waals surface area contributed by atoms with E-state index in [1.807, 2.05) is 19.1 Å². The van der Waals surface area contributed by atoms with Crippen LogP contribution in [0.1, 0.15) is 50.7 Å². The molecule has 0 saturated carbocycles. The molecular formula is C18H32IN3O3. The third kappa shape index (κ3) is 8.42. The Morgan fingerprint density at radius 2 is 2.12 bits per heavy atom. The SMILES string of the molecule is CCNC(=NCCCOC1CCOCC1)NC(C)c1ccc(C)o1.I. The molecule has 144 valence electrons. The second-order valence-corrected chi connectivity index (χ2v) is 6.11. The summed E-state index contributed by atoms with van der Waals surface area (Å²) in [5.41, 5.74) is 0. The summed E-state index contributed by atoms with van der Waals surface area (Å²) in [4.78, 5) is 4.62. The molecule has 0 aliphatic carbocycles. The number of furan rings is 1. The maximum Gasteiger partial charge on any atom is 0.191 e. The molecule has 2 N–H and O–H groups in total. The first kappa shape index (κ1) is 22.2. The smallest absolute Gasteiger partial charge is 0.191 e. The molecule has 1 saturated heterocycles. The van der Waals surface area contributed by atoms with Crippen molar-refractivity contribution in [2.24, 2.45) is 4.99 Å². The predicted octanol–water partition coefficient (Wildman–Crippen LogP) is 3.41. The quantitative estimate of drug-likeness (QED) is 0.267. The summed E-state index contributed by atoms with van der Waals surface area (Å²) in [6.07, 6.45) is 3.29. The van der Waals surface area contributed by atoms with Crippen LogP contribution in [0.4, 0.5) is 0 Å². The van der Waals surface area contributed by atoms with E-state index in [1.54, 1.807) is 0 Å². The van der Waals surface area contributed by atoms with E-state index in [-0.39, 0.29) is 30.0 Å². The van der Waals surface area contributed by atoms with E-state index in [9.17, 15) is 0 Å². The number of nitrogens with zero attached hydrogens (tertiary/aromatic N) is 1. The first-order chi connectivity index (χ1) is 11.7. The largest absolute Gasteiger partial charge is 0.464 e.